The average molecular weight is 315 g/mol. The summed E-state index contributed by atoms with van der Waals surface area (Å²) in [7, 11) is 0. The Hall–Kier alpha value is -2.29. The third-order valence-electron chi connectivity index (χ3n) is 3.03. The van der Waals surface area contributed by atoms with Crippen LogP contribution in [0.15, 0.2) is 30.3 Å². The summed E-state index contributed by atoms with van der Waals surface area (Å²) < 4.78 is 1.05. The zero-order valence-corrected chi connectivity index (χ0v) is 12.7. The van der Waals surface area contributed by atoms with Crippen molar-refractivity contribution in [3.8, 4) is 6.07 Å². The number of fused-ring (bicyclic) bond motifs is 1. The first-order chi connectivity index (χ1) is 10.1. The minimum atomic E-state index is 0.531. The number of aryl methyl sites for hydroxylation is 1. The topological polar surface area (TPSA) is 74.7 Å². The number of hydrogen-bond donors (Lipinski definition) is 2. The quantitative estimate of drug-likeness (QED) is 0.685. The predicted octanol–water partition coefficient (Wildman–Crippen LogP) is 4.46. The second-order valence-corrected chi connectivity index (χ2v) is 6.21. The van der Waals surface area contributed by atoms with Gasteiger partial charge in [-0.2, -0.15) is 5.26 Å². The number of thiazole rings is 1. The number of nitrogens with one attached hydrogen (secondary N) is 1. The second kappa shape index (κ2) is 5.24. The maximum Gasteiger partial charge on any atom is 0.0992 e. The third kappa shape index (κ3) is 2.64. The van der Waals surface area contributed by atoms with Crippen LogP contribution in [0.25, 0.3) is 10.2 Å². The van der Waals surface area contributed by atoms with Crippen LogP contribution in [0.4, 0.5) is 17.1 Å². The molecular weight excluding hydrogens is 304 g/mol. The molecule has 1 heterocycles. The number of anilines is 3. The highest BCUT2D eigenvalue weighted by atomic mass is 35.5. The molecule has 1 aromatic heterocycles. The van der Waals surface area contributed by atoms with Gasteiger partial charge < -0.3 is 11.1 Å². The van der Waals surface area contributed by atoms with Crippen molar-refractivity contribution >= 4 is 50.2 Å². The van der Waals surface area contributed by atoms with Crippen LogP contribution in [0.1, 0.15) is 10.6 Å². The normalized spacial score (nSPS) is 10.5. The van der Waals surface area contributed by atoms with E-state index in [1.807, 2.05) is 19.1 Å². The lowest BCUT2D eigenvalue weighted by Crippen LogP contribution is -1.97. The third-order valence-corrected chi connectivity index (χ3v) is 4.29. The first-order valence-electron chi connectivity index (χ1n) is 6.20. The van der Waals surface area contributed by atoms with Crippen LogP contribution in [0.2, 0.25) is 5.02 Å². The minimum absolute atomic E-state index is 0.531. The van der Waals surface area contributed by atoms with Gasteiger partial charge in [-0.3, -0.25) is 0 Å². The maximum absolute atomic E-state index is 8.96. The van der Waals surface area contributed by atoms with Gasteiger partial charge in [0.2, 0.25) is 0 Å². The molecule has 3 rings (SSSR count). The number of nitrogens with two attached hydrogens (primary N) is 1. The molecule has 0 bridgehead atoms. The van der Waals surface area contributed by atoms with E-state index in [4.69, 9.17) is 22.6 Å². The van der Waals surface area contributed by atoms with Crippen molar-refractivity contribution in [2.45, 2.75) is 6.92 Å². The van der Waals surface area contributed by atoms with Crippen molar-refractivity contribution < 1.29 is 0 Å². The zero-order valence-electron chi connectivity index (χ0n) is 11.1. The fourth-order valence-corrected chi connectivity index (χ4v) is 3.07. The van der Waals surface area contributed by atoms with Crippen molar-refractivity contribution in [2.24, 2.45) is 0 Å². The fourth-order valence-electron chi connectivity index (χ4n) is 2.05. The number of benzene rings is 2. The molecule has 0 fully saturated rings. The molecule has 3 N–H and O–H groups in total. The van der Waals surface area contributed by atoms with E-state index in [9.17, 15) is 0 Å². The second-order valence-electron chi connectivity index (χ2n) is 4.57. The Balaban J connectivity index is 2.05. The summed E-state index contributed by atoms with van der Waals surface area (Å²) in [6, 6.07) is 10.9. The zero-order chi connectivity index (χ0) is 15.0. The van der Waals surface area contributed by atoms with Crippen LogP contribution < -0.4 is 11.1 Å². The van der Waals surface area contributed by atoms with Crippen molar-refractivity contribution in [3.63, 3.8) is 0 Å². The molecule has 0 aliphatic carbocycles. The van der Waals surface area contributed by atoms with Gasteiger partial charge >= 0.3 is 0 Å². The Morgan fingerprint density at radius 3 is 2.86 bits per heavy atom. The van der Waals surface area contributed by atoms with E-state index in [1.54, 1.807) is 29.5 Å². The maximum atomic E-state index is 8.96. The highest BCUT2D eigenvalue weighted by Gasteiger charge is 2.09. The van der Waals surface area contributed by atoms with Crippen LogP contribution in [0.3, 0.4) is 0 Å². The molecular formula is C15H11ClN4S. The minimum Gasteiger partial charge on any atom is -0.397 e. The molecule has 0 aliphatic rings. The summed E-state index contributed by atoms with van der Waals surface area (Å²) in [5, 5.41) is 13.7. The lowest BCUT2D eigenvalue weighted by molar-refractivity contribution is 1.35. The Labute approximate surface area is 130 Å². The molecule has 104 valence electrons. The lowest BCUT2D eigenvalue weighted by Gasteiger charge is -2.11. The summed E-state index contributed by atoms with van der Waals surface area (Å²) in [4.78, 5) is 4.45. The van der Waals surface area contributed by atoms with Crippen LogP contribution in [-0.4, -0.2) is 4.98 Å². The number of nitrogen functional groups attached to an aromatic ring is 1. The predicted molar refractivity (Wildman–Crippen MR) is 88.2 cm³/mol. The summed E-state index contributed by atoms with van der Waals surface area (Å²) >= 11 is 7.75. The lowest BCUT2D eigenvalue weighted by atomic mass is 10.2. The van der Waals surface area contributed by atoms with E-state index >= 15 is 0 Å². The largest absolute Gasteiger partial charge is 0.397 e. The van der Waals surface area contributed by atoms with E-state index in [2.05, 4.69) is 16.4 Å². The number of hydrogen-bond acceptors (Lipinski definition) is 5. The van der Waals surface area contributed by atoms with Gasteiger partial charge in [-0.15, -0.1) is 11.3 Å². The number of aromatic nitrogens is 1. The molecule has 0 radical (unpaired) electrons. The molecule has 0 spiro atoms. The van der Waals surface area contributed by atoms with Gasteiger partial charge in [-0.25, -0.2) is 4.98 Å². The Bertz CT molecular complexity index is 879. The molecule has 0 saturated heterocycles. The van der Waals surface area contributed by atoms with E-state index in [-0.39, 0.29) is 0 Å². The molecule has 0 saturated carbocycles. The molecule has 3 aromatic rings. The van der Waals surface area contributed by atoms with Gasteiger partial charge in [0, 0.05) is 0 Å². The molecule has 0 aliphatic heterocycles. The standard InChI is InChI=1S/C15H11ClN4S/c1-8-19-14-6-13(11(18)5-15(14)21-8)20-12-4-9(7-17)2-3-10(12)16/h2-6,20H,18H2,1H3. The SMILES string of the molecule is Cc1nc2cc(Nc3cc(C#N)ccc3Cl)c(N)cc2s1. The fraction of sp³-hybridized carbons (Fsp3) is 0.0667. The van der Waals surface area contributed by atoms with Crippen LogP contribution in [0, 0.1) is 18.3 Å². The summed E-state index contributed by atoms with van der Waals surface area (Å²) in [5.41, 5.74) is 9.49. The van der Waals surface area contributed by atoms with Crippen molar-refractivity contribution in [1.82, 2.24) is 4.98 Å². The first kappa shape index (κ1) is 13.7. The first-order valence-corrected chi connectivity index (χ1v) is 7.39. The summed E-state index contributed by atoms with van der Waals surface area (Å²) in [5.74, 6) is 0. The highest BCUT2D eigenvalue weighted by molar-refractivity contribution is 7.18. The molecule has 0 amide bonds. The van der Waals surface area contributed by atoms with Crippen molar-refractivity contribution in [2.75, 3.05) is 11.1 Å². The van der Waals surface area contributed by atoms with E-state index in [0.717, 1.165) is 20.9 Å². The van der Waals surface area contributed by atoms with Gasteiger partial charge in [0.1, 0.15) is 0 Å². The number of nitrogens with zero attached hydrogens (tertiary/aromatic N) is 2. The van der Waals surface area contributed by atoms with Gasteiger partial charge in [-0.1, -0.05) is 11.6 Å². The Morgan fingerprint density at radius 1 is 1.29 bits per heavy atom. The van der Waals surface area contributed by atoms with Crippen molar-refractivity contribution in [1.29, 1.82) is 5.26 Å². The van der Waals surface area contributed by atoms with Crippen LogP contribution >= 0.6 is 22.9 Å². The molecule has 2 aromatic carbocycles. The molecule has 4 nitrogen and oxygen atoms in total. The van der Waals surface area contributed by atoms with Gasteiger partial charge in [0.25, 0.3) is 0 Å². The van der Waals surface area contributed by atoms with E-state index < -0.39 is 0 Å². The average Bonchev–Trinajstić information content (AvgIpc) is 2.80. The van der Waals surface area contributed by atoms with Crippen LogP contribution in [-0.2, 0) is 0 Å². The summed E-state index contributed by atoms with van der Waals surface area (Å²) in [6.07, 6.45) is 0. The molecule has 0 atom stereocenters. The molecule has 6 heteroatoms. The van der Waals surface area contributed by atoms with Gasteiger partial charge in [0.15, 0.2) is 0 Å². The number of halogens is 1. The molecule has 0 unspecified atom stereocenters. The van der Waals surface area contributed by atoms with Gasteiger partial charge in [0.05, 0.1) is 48.9 Å². The monoisotopic (exact) mass is 314 g/mol. The van der Waals surface area contributed by atoms with E-state index in [0.29, 0.717) is 22.0 Å². The van der Waals surface area contributed by atoms with E-state index in [1.165, 1.54) is 0 Å². The van der Waals surface area contributed by atoms with Gasteiger partial charge in [-0.05, 0) is 37.3 Å². The number of nitriles is 1. The number of rotatable bonds is 2. The Kier molecular flexibility index (Phi) is 3.42. The summed E-state index contributed by atoms with van der Waals surface area (Å²) in [6.45, 7) is 1.96. The van der Waals surface area contributed by atoms with Crippen molar-refractivity contribution in [3.05, 3.63) is 45.9 Å². The van der Waals surface area contributed by atoms with Crippen LogP contribution in [0.5, 0.6) is 0 Å². The molecule has 21 heavy (non-hydrogen) atoms. The highest BCUT2D eigenvalue weighted by Crippen LogP contribution is 2.33. The smallest absolute Gasteiger partial charge is 0.0992 e. The Morgan fingerprint density at radius 2 is 2.10 bits per heavy atom.